The second-order valence-corrected chi connectivity index (χ2v) is 2.24. The number of hydrogen-bond donors (Lipinski definition) is 1. The van der Waals surface area contributed by atoms with Crippen LogP contribution < -0.4 is 5.73 Å². The molecule has 0 atom stereocenters. The maximum Gasteiger partial charge on any atom is 0.386 e. The summed E-state index contributed by atoms with van der Waals surface area (Å²) in [4.78, 5) is 12.5. The van der Waals surface area contributed by atoms with Crippen molar-refractivity contribution in [2.45, 2.75) is 6.43 Å². The molecule has 0 saturated carbocycles. The van der Waals surface area contributed by atoms with Crippen molar-refractivity contribution >= 4 is 11.5 Å². The molecule has 13 heavy (non-hydrogen) atoms. The maximum absolute atomic E-state index is 12.0. The summed E-state index contributed by atoms with van der Waals surface area (Å²) in [6, 6.07) is 0.843. The van der Waals surface area contributed by atoms with Crippen LogP contribution in [0.15, 0.2) is 12.3 Å². The van der Waals surface area contributed by atoms with E-state index < -0.39 is 22.7 Å². The zero-order valence-electron chi connectivity index (χ0n) is 6.28. The maximum atomic E-state index is 12.0. The molecular weight excluding hydrogens is 184 g/mol. The van der Waals surface area contributed by atoms with Crippen LogP contribution in [0.1, 0.15) is 12.0 Å². The molecule has 0 aromatic carbocycles. The van der Waals surface area contributed by atoms with Gasteiger partial charge in [0.15, 0.2) is 0 Å². The lowest BCUT2D eigenvalue weighted by atomic mass is 10.2. The highest BCUT2D eigenvalue weighted by Crippen LogP contribution is 2.24. The van der Waals surface area contributed by atoms with Gasteiger partial charge in [-0.1, -0.05) is 0 Å². The molecular formula is C6H5F2N3O2. The van der Waals surface area contributed by atoms with Crippen LogP contribution in [-0.2, 0) is 0 Å². The number of nitro groups is 1. The first-order valence-corrected chi connectivity index (χ1v) is 3.20. The highest BCUT2D eigenvalue weighted by atomic mass is 19.3. The third-order valence-electron chi connectivity index (χ3n) is 1.34. The van der Waals surface area contributed by atoms with E-state index >= 15 is 0 Å². The number of nitrogen functional groups attached to an aromatic ring is 1. The summed E-state index contributed by atoms with van der Waals surface area (Å²) in [5.41, 5.74) is 4.34. The Morgan fingerprint density at radius 1 is 1.62 bits per heavy atom. The molecule has 0 aliphatic heterocycles. The van der Waals surface area contributed by atoms with Crippen LogP contribution in [0.25, 0.3) is 0 Å². The number of aromatic nitrogens is 1. The average Bonchev–Trinajstić information content (AvgIpc) is 2.03. The molecule has 0 aliphatic carbocycles. The second-order valence-electron chi connectivity index (χ2n) is 2.24. The molecule has 1 heterocycles. The van der Waals surface area contributed by atoms with Gasteiger partial charge in [0.05, 0.1) is 5.56 Å². The number of hydrogen-bond acceptors (Lipinski definition) is 4. The first-order chi connectivity index (χ1) is 6.02. The van der Waals surface area contributed by atoms with E-state index in [-0.39, 0.29) is 5.69 Å². The minimum absolute atomic E-state index is 0.359. The van der Waals surface area contributed by atoms with Crippen molar-refractivity contribution in [3.8, 4) is 0 Å². The molecule has 1 aromatic heterocycles. The lowest BCUT2D eigenvalue weighted by Crippen LogP contribution is -2.00. The van der Waals surface area contributed by atoms with Crippen molar-refractivity contribution in [2.24, 2.45) is 0 Å². The summed E-state index contributed by atoms with van der Waals surface area (Å²) in [6.07, 6.45) is -1.99. The van der Waals surface area contributed by atoms with Gasteiger partial charge in [0.1, 0.15) is 11.9 Å². The van der Waals surface area contributed by atoms with Crippen molar-refractivity contribution in [3.63, 3.8) is 0 Å². The van der Waals surface area contributed by atoms with E-state index in [0.717, 1.165) is 12.3 Å². The van der Waals surface area contributed by atoms with Crippen LogP contribution in [0, 0.1) is 10.1 Å². The summed E-state index contributed by atoms with van der Waals surface area (Å²) < 4.78 is 24.0. The summed E-state index contributed by atoms with van der Waals surface area (Å²) in [5, 5.41) is 10.2. The third-order valence-corrected chi connectivity index (χ3v) is 1.34. The first kappa shape index (κ1) is 9.30. The monoisotopic (exact) mass is 189 g/mol. The van der Waals surface area contributed by atoms with Gasteiger partial charge in [-0.25, -0.2) is 8.78 Å². The predicted octanol–water partition coefficient (Wildman–Crippen LogP) is 1.51. The Kier molecular flexibility index (Phi) is 2.36. The Labute approximate surface area is 71.3 Å². The van der Waals surface area contributed by atoms with Crippen molar-refractivity contribution in [3.05, 3.63) is 27.9 Å². The summed E-state index contributed by atoms with van der Waals surface area (Å²) in [6.45, 7) is 0. The fourth-order valence-electron chi connectivity index (χ4n) is 0.763. The van der Waals surface area contributed by atoms with E-state index in [1.54, 1.807) is 0 Å². The van der Waals surface area contributed by atoms with Gasteiger partial charge in [-0.15, -0.1) is 0 Å². The Morgan fingerprint density at radius 2 is 2.23 bits per heavy atom. The molecule has 0 fully saturated rings. The number of alkyl halides is 2. The van der Waals surface area contributed by atoms with Crippen LogP contribution >= 0.6 is 0 Å². The van der Waals surface area contributed by atoms with Crippen LogP contribution in [0.4, 0.5) is 20.3 Å². The third kappa shape index (κ3) is 1.86. The van der Waals surface area contributed by atoms with E-state index in [1.165, 1.54) is 0 Å². The van der Waals surface area contributed by atoms with E-state index in [1.807, 2.05) is 0 Å². The van der Waals surface area contributed by atoms with Crippen molar-refractivity contribution in [1.82, 2.24) is 4.98 Å². The van der Waals surface area contributed by atoms with Crippen molar-refractivity contribution < 1.29 is 13.7 Å². The average molecular weight is 189 g/mol. The summed E-state index contributed by atoms with van der Waals surface area (Å²) in [7, 11) is 0. The number of nitrogens with two attached hydrogens (primary N) is 1. The molecule has 5 nitrogen and oxygen atoms in total. The van der Waals surface area contributed by atoms with Crippen LogP contribution in [0.3, 0.4) is 0 Å². The van der Waals surface area contributed by atoms with E-state index in [4.69, 9.17) is 5.73 Å². The smallest absolute Gasteiger partial charge is 0.386 e. The van der Waals surface area contributed by atoms with E-state index in [2.05, 4.69) is 4.98 Å². The van der Waals surface area contributed by atoms with Crippen LogP contribution in [0.5, 0.6) is 0 Å². The lowest BCUT2D eigenvalue weighted by Gasteiger charge is -1.99. The molecule has 0 bridgehead atoms. The Bertz CT molecular complexity index is 343. The van der Waals surface area contributed by atoms with Gasteiger partial charge in [0.2, 0.25) is 0 Å². The highest BCUT2D eigenvalue weighted by molar-refractivity contribution is 5.54. The topological polar surface area (TPSA) is 82.0 Å². The molecule has 0 spiro atoms. The molecule has 2 N–H and O–H groups in total. The molecule has 0 radical (unpaired) electrons. The highest BCUT2D eigenvalue weighted by Gasteiger charge is 2.17. The lowest BCUT2D eigenvalue weighted by molar-refractivity contribution is -0.388. The Hall–Kier alpha value is -1.79. The number of anilines is 1. The minimum atomic E-state index is -2.73. The van der Waals surface area contributed by atoms with E-state index in [0.29, 0.717) is 0 Å². The fourth-order valence-corrected chi connectivity index (χ4v) is 0.763. The van der Waals surface area contributed by atoms with Gasteiger partial charge in [0, 0.05) is 0 Å². The van der Waals surface area contributed by atoms with Crippen LogP contribution in [-0.4, -0.2) is 9.91 Å². The molecule has 0 unspecified atom stereocenters. The molecule has 0 aliphatic rings. The second kappa shape index (κ2) is 3.30. The summed E-state index contributed by atoms with van der Waals surface area (Å²) >= 11 is 0. The zero-order valence-corrected chi connectivity index (χ0v) is 6.28. The Balaban J connectivity index is 3.13. The zero-order chi connectivity index (χ0) is 10.0. The SMILES string of the molecule is Nc1cc(C(F)F)cnc1[N+](=O)[O-]. The van der Waals surface area contributed by atoms with Gasteiger partial charge >= 0.3 is 5.82 Å². The predicted molar refractivity (Wildman–Crippen MR) is 40.3 cm³/mol. The van der Waals surface area contributed by atoms with Gasteiger partial charge < -0.3 is 15.8 Å². The normalized spacial score (nSPS) is 10.4. The molecule has 1 aromatic rings. The molecule has 70 valence electrons. The van der Waals surface area contributed by atoms with Gasteiger partial charge in [-0.3, -0.25) is 0 Å². The molecule has 0 saturated heterocycles. The van der Waals surface area contributed by atoms with Gasteiger partial charge in [-0.2, -0.15) is 0 Å². The van der Waals surface area contributed by atoms with Crippen LogP contribution in [0.2, 0.25) is 0 Å². The summed E-state index contributed by atoms with van der Waals surface area (Å²) in [5.74, 6) is -0.607. The minimum Gasteiger partial charge on any atom is -0.392 e. The molecule has 1 rings (SSSR count). The number of pyridine rings is 1. The largest absolute Gasteiger partial charge is 0.392 e. The standard InChI is InChI=1S/C6H5F2N3O2/c7-5(8)3-1-4(9)6(10-2-3)11(12)13/h1-2,5H,9H2. The van der Waals surface area contributed by atoms with Gasteiger partial charge in [-0.05, 0) is 16.0 Å². The fraction of sp³-hybridized carbons (Fsp3) is 0.167. The van der Waals surface area contributed by atoms with E-state index in [9.17, 15) is 18.9 Å². The number of halogens is 2. The molecule has 7 heteroatoms. The number of nitrogens with zero attached hydrogens (tertiary/aromatic N) is 2. The van der Waals surface area contributed by atoms with Crippen molar-refractivity contribution in [2.75, 3.05) is 5.73 Å². The Morgan fingerprint density at radius 3 is 2.62 bits per heavy atom. The van der Waals surface area contributed by atoms with Crippen molar-refractivity contribution in [1.29, 1.82) is 0 Å². The number of rotatable bonds is 2. The molecule has 0 amide bonds. The van der Waals surface area contributed by atoms with Gasteiger partial charge in [0.25, 0.3) is 6.43 Å². The first-order valence-electron chi connectivity index (χ1n) is 3.20. The quantitative estimate of drug-likeness (QED) is 0.564.